The zero-order valence-electron chi connectivity index (χ0n) is 23.6. The molecule has 0 saturated carbocycles. The molecule has 2 heterocycles. The number of carbonyl (C=O) groups is 2. The highest BCUT2D eigenvalue weighted by atomic mass is 16.5. The van der Waals surface area contributed by atoms with Gasteiger partial charge >= 0.3 is 0 Å². The maximum Gasteiger partial charge on any atom is 0.247 e. The van der Waals surface area contributed by atoms with E-state index >= 15 is 0 Å². The third kappa shape index (κ3) is 6.36. The average molecular weight is 565 g/mol. The van der Waals surface area contributed by atoms with E-state index in [2.05, 4.69) is 32.7 Å². The second-order valence-corrected chi connectivity index (χ2v) is 10.9. The molecule has 9 heteroatoms. The molecule has 216 valence electrons. The monoisotopic (exact) mass is 564 g/mol. The summed E-state index contributed by atoms with van der Waals surface area (Å²) in [6, 6.07) is 24.7. The van der Waals surface area contributed by atoms with Crippen LogP contribution in [0.25, 0.3) is 11.0 Å². The highest BCUT2D eigenvalue weighted by Gasteiger charge is 2.37. The summed E-state index contributed by atoms with van der Waals surface area (Å²) in [5.74, 6) is -0.364. The lowest BCUT2D eigenvalue weighted by molar-refractivity contribution is -0.142. The Morgan fingerprint density at radius 3 is 2.48 bits per heavy atom. The Hall–Kier alpha value is -4.50. The van der Waals surface area contributed by atoms with Crippen LogP contribution < -0.4 is 10.2 Å². The normalized spacial score (nSPS) is 17.6. The maximum atomic E-state index is 14.2. The molecule has 1 aliphatic heterocycles. The molecule has 42 heavy (non-hydrogen) atoms. The van der Waals surface area contributed by atoms with Gasteiger partial charge < -0.3 is 19.9 Å². The number of nitrogens with zero attached hydrogens (tertiary/aromatic N) is 5. The molecule has 1 saturated heterocycles. The number of benzene rings is 3. The lowest BCUT2D eigenvalue weighted by atomic mass is 9.85. The van der Waals surface area contributed by atoms with Crippen molar-refractivity contribution in [2.24, 2.45) is 5.92 Å². The van der Waals surface area contributed by atoms with Crippen LogP contribution in [0.3, 0.4) is 0 Å². The number of allylic oxidation sites excluding steroid dienone is 2. The third-order valence-electron chi connectivity index (χ3n) is 8.09. The molecule has 2 amide bonds. The molecule has 1 aliphatic carbocycles. The fourth-order valence-electron chi connectivity index (χ4n) is 5.88. The smallest absolute Gasteiger partial charge is 0.247 e. The molecule has 6 rings (SSSR count). The van der Waals surface area contributed by atoms with Crippen molar-refractivity contribution in [3.05, 3.63) is 96.6 Å². The fourth-order valence-corrected chi connectivity index (χ4v) is 5.88. The van der Waals surface area contributed by atoms with Gasteiger partial charge in [-0.1, -0.05) is 59.8 Å². The topological polar surface area (TPSA) is 92.6 Å². The predicted molar refractivity (Wildman–Crippen MR) is 163 cm³/mol. The van der Waals surface area contributed by atoms with Crippen molar-refractivity contribution in [3.8, 4) is 0 Å². The van der Waals surface area contributed by atoms with E-state index in [0.29, 0.717) is 25.4 Å². The molecule has 0 bridgehead atoms. The largest absolute Gasteiger partial charge is 0.378 e. The number of morpholine rings is 1. The Labute approximate surface area is 245 Å². The van der Waals surface area contributed by atoms with Crippen LogP contribution in [0.4, 0.5) is 11.4 Å². The first-order chi connectivity index (χ1) is 20.7. The van der Waals surface area contributed by atoms with Gasteiger partial charge in [-0.3, -0.25) is 9.59 Å². The Balaban J connectivity index is 1.28. The van der Waals surface area contributed by atoms with Crippen LogP contribution in [0.1, 0.15) is 24.8 Å². The van der Waals surface area contributed by atoms with Gasteiger partial charge in [0.2, 0.25) is 11.8 Å². The van der Waals surface area contributed by atoms with E-state index in [0.717, 1.165) is 54.6 Å². The van der Waals surface area contributed by atoms with Crippen LogP contribution in [0, 0.1) is 5.92 Å². The highest BCUT2D eigenvalue weighted by Crippen LogP contribution is 2.29. The number of nitrogens with one attached hydrogen (secondary N) is 1. The lowest BCUT2D eigenvalue weighted by Crippen LogP contribution is -2.52. The van der Waals surface area contributed by atoms with E-state index in [4.69, 9.17) is 4.74 Å². The van der Waals surface area contributed by atoms with Crippen LogP contribution in [-0.2, 0) is 27.4 Å². The molecule has 2 aliphatic rings. The van der Waals surface area contributed by atoms with Gasteiger partial charge in [-0.05, 0) is 67.1 Å². The van der Waals surface area contributed by atoms with Crippen LogP contribution in [0.15, 0.2) is 91.0 Å². The minimum Gasteiger partial charge on any atom is -0.378 e. The quantitative estimate of drug-likeness (QED) is 0.297. The van der Waals surface area contributed by atoms with E-state index in [-0.39, 0.29) is 24.3 Å². The van der Waals surface area contributed by atoms with Crippen molar-refractivity contribution >= 4 is 34.2 Å². The van der Waals surface area contributed by atoms with E-state index in [1.807, 2.05) is 78.9 Å². The maximum absolute atomic E-state index is 14.2. The molecule has 3 aromatic carbocycles. The summed E-state index contributed by atoms with van der Waals surface area (Å²) in [6.45, 7) is 3.44. The molecule has 1 aromatic heterocycles. The molecule has 4 aromatic rings. The Kier molecular flexibility index (Phi) is 8.56. The molecule has 0 radical (unpaired) electrons. The molecule has 0 spiro atoms. The summed E-state index contributed by atoms with van der Waals surface area (Å²) in [4.78, 5) is 32.3. The van der Waals surface area contributed by atoms with Gasteiger partial charge in [0.25, 0.3) is 0 Å². The minimum absolute atomic E-state index is 0.00602. The van der Waals surface area contributed by atoms with Crippen molar-refractivity contribution in [3.63, 3.8) is 0 Å². The zero-order chi connectivity index (χ0) is 28.7. The Morgan fingerprint density at radius 1 is 0.952 bits per heavy atom. The van der Waals surface area contributed by atoms with E-state index in [1.165, 1.54) is 0 Å². The van der Waals surface area contributed by atoms with Crippen molar-refractivity contribution in [1.29, 1.82) is 0 Å². The molecule has 1 N–H and O–H groups in total. The second kappa shape index (κ2) is 13.0. The van der Waals surface area contributed by atoms with Gasteiger partial charge in [0.15, 0.2) is 0 Å². The third-order valence-corrected chi connectivity index (χ3v) is 8.09. The molecule has 2 atom stereocenters. The number of hydrogen-bond acceptors (Lipinski definition) is 6. The number of ether oxygens (including phenoxy) is 1. The number of anilines is 2. The van der Waals surface area contributed by atoms with Gasteiger partial charge in [-0.15, -0.1) is 5.10 Å². The minimum atomic E-state index is -0.656. The molecular formula is C33H36N6O3. The fraction of sp³-hybridized carbons (Fsp3) is 0.333. The van der Waals surface area contributed by atoms with Crippen molar-refractivity contribution < 1.29 is 14.3 Å². The van der Waals surface area contributed by atoms with Crippen LogP contribution in [0.2, 0.25) is 0 Å². The van der Waals surface area contributed by atoms with Crippen LogP contribution in [0.5, 0.6) is 0 Å². The van der Waals surface area contributed by atoms with Gasteiger partial charge in [0.05, 0.1) is 18.7 Å². The molecular weight excluding hydrogens is 528 g/mol. The summed E-state index contributed by atoms with van der Waals surface area (Å²) in [5, 5.41) is 11.6. The van der Waals surface area contributed by atoms with Gasteiger partial charge in [0, 0.05) is 31.0 Å². The number of amides is 2. The van der Waals surface area contributed by atoms with Crippen molar-refractivity contribution in [2.75, 3.05) is 36.5 Å². The number of fused-ring (bicyclic) bond motifs is 1. The molecule has 9 nitrogen and oxygen atoms in total. The van der Waals surface area contributed by atoms with Gasteiger partial charge in [-0.2, -0.15) is 0 Å². The van der Waals surface area contributed by atoms with Crippen LogP contribution >= 0.6 is 0 Å². The van der Waals surface area contributed by atoms with E-state index in [1.54, 1.807) is 9.58 Å². The first-order valence-corrected chi connectivity index (χ1v) is 14.7. The lowest BCUT2D eigenvalue weighted by Gasteiger charge is -2.37. The SMILES string of the molecule is O=C(Nc1ccc(N2CCOCC2)cc1)C(C1CC=CCC1)N(Cc1ccccc1)C(=O)Cn1nnc2ccccc21. The predicted octanol–water partition coefficient (Wildman–Crippen LogP) is 4.66. The number of aromatic nitrogens is 3. The number of rotatable bonds is 9. The average Bonchev–Trinajstić information content (AvgIpc) is 3.45. The summed E-state index contributed by atoms with van der Waals surface area (Å²) in [6.07, 6.45) is 6.72. The van der Waals surface area contributed by atoms with E-state index in [9.17, 15) is 9.59 Å². The number of para-hydroxylation sites is 1. The summed E-state index contributed by atoms with van der Waals surface area (Å²) in [5.41, 5.74) is 4.29. The first-order valence-electron chi connectivity index (χ1n) is 14.7. The Bertz CT molecular complexity index is 1530. The summed E-state index contributed by atoms with van der Waals surface area (Å²) < 4.78 is 7.10. The standard InChI is InChI=1S/C33H36N6O3/c40-31(24-39-30-14-8-7-13-29(30)35-36-39)38(23-25-9-3-1-4-10-25)32(26-11-5-2-6-12-26)33(41)34-27-15-17-28(18-16-27)37-19-21-42-22-20-37/h1-5,7-10,13-18,26,32H,6,11-12,19-24H2,(H,34,41). The van der Waals surface area contributed by atoms with Crippen molar-refractivity contribution in [1.82, 2.24) is 19.9 Å². The summed E-state index contributed by atoms with van der Waals surface area (Å²) >= 11 is 0. The second-order valence-electron chi connectivity index (χ2n) is 10.9. The van der Waals surface area contributed by atoms with Crippen molar-refractivity contribution in [2.45, 2.75) is 38.4 Å². The zero-order valence-corrected chi connectivity index (χ0v) is 23.6. The summed E-state index contributed by atoms with van der Waals surface area (Å²) in [7, 11) is 0. The molecule has 2 unspecified atom stereocenters. The highest BCUT2D eigenvalue weighted by molar-refractivity contribution is 5.97. The molecule has 1 fully saturated rings. The van der Waals surface area contributed by atoms with E-state index < -0.39 is 6.04 Å². The number of hydrogen-bond donors (Lipinski definition) is 1. The van der Waals surface area contributed by atoms with Gasteiger partial charge in [0.1, 0.15) is 18.1 Å². The first kappa shape index (κ1) is 27.7. The van der Waals surface area contributed by atoms with Gasteiger partial charge in [-0.25, -0.2) is 4.68 Å². The Morgan fingerprint density at radius 2 is 1.71 bits per heavy atom. The van der Waals surface area contributed by atoms with Crippen LogP contribution in [-0.4, -0.2) is 64.1 Å². The number of carbonyl (C=O) groups excluding carboxylic acids is 2.